The zero-order chi connectivity index (χ0) is 11.1. The fourth-order valence-corrected chi connectivity index (χ4v) is 2.13. The molecule has 0 unspecified atom stereocenters. The zero-order valence-electron chi connectivity index (χ0n) is 9.15. The quantitative estimate of drug-likeness (QED) is 0.754. The molecule has 82 valence electrons. The minimum Gasteiger partial charge on any atom is -0.275 e. The molecule has 0 saturated heterocycles. The largest absolute Gasteiger partial charge is 0.275 e. The summed E-state index contributed by atoms with van der Waals surface area (Å²) in [4.78, 5) is 0. The van der Waals surface area contributed by atoms with Crippen molar-refractivity contribution in [3.8, 4) is 11.1 Å². The Labute approximate surface area is 93.7 Å². The number of nitrogens with zero attached hydrogens (tertiary/aromatic N) is 2. The minimum atomic E-state index is -0.141. The number of hydrogen-bond acceptors (Lipinski definition) is 1. The van der Waals surface area contributed by atoms with Crippen LogP contribution in [0.3, 0.4) is 0 Å². The normalized spacial score (nSPS) is 15.4. The molecule has 0 spiro atoms. The van der Waals surface area contributed by atoms with Gasteiger partial charge in [0.05, 0.1) is 6.20 Å². The number of benzene rings is 1. The van der Waals surface area contributed by atoms with Gasteiger partial charge in [0.2, 0.25) is 0 Å². The van der Waals surface area contributed by atoms with Crippen molar-refractivity contribution in [2.45, 2.75) is 18.8 Å². The number of rotatable bonds is 2. The first kappa shape index (κ1) is 9.58. The molecule has 1 aromatic heterocycles. The second-order valence-corrected chi connectivity index (χ2v) is 4.38. The van der Waals surface area contributed by atoms with E-state index in [0.717, 1.165) is 16.7 Å². The first-order chi connectivity index (χ1) is 7.75. The Balaban J connectivity index is 2.17. The number of hydrogen-bond donors (Lipinski definition) is 0. The van der Waals surface area contributed by atoms with Crippen LogP contribution >= 0.6 is 0 Å². The smallest absolute Gasteiger partial charge is 0.131 e. The second kappa shape index (κ2) is 3.44. The van der Waals surface area contributed by atoms with E-state index >= 15 is 0 Å². The predicted octanol–water partition coefficient (Wildman–Crippen LogP) is 3.10. The van der Waals surface area contributed by atoms with Gasteiger partial charge >= 0.3 is 0 Å². The van der Waals surface area contributed by atoms with Crippen molar-refractivity contribution in [1.29, 1.82) is 0 Å². The molecule has 1 heterocycles. The summed E-state index contributed by atoms with van der Waals surface area (Å²) in [5.74, 6) is 0.406. The monoisotopic (exact) mass is 216 g/mol. The molecular weight excluding hydrogens is 203 g/mol. The summed E-state index contributed by atoms with van der Waals surface area (Å²) in [6.07, 6.45) is 5.95. The first-order valence-corrected chi connectivity index (χ1v) is 5.53. The summed E-state index contributed by atoms with van der Waals surface area (Å²) >= 11 is 0. The van der Waals surface area contributed by atoms with E-state index < -0.39 is 0 Å². The summed E-state index contributed by atoms with van der Waals surface area (Å²) < 4.78 is 15.6. The van der Waals surface area contributed by atoms with Crippen molar-refractivity contribution in [3.63, 3.8) is 0 Å². The van der Waals surface area contributed by atoms with E-state index in [1.54, 1.807) is 16.9 Å². The van der Waals surface area contributed by atoms with E-state index in [1.807, 2.05) is 19.3 Å². The van der Waals surface area contributed by atoms with Gasteiger partial charge in [-0.05, 0) is 30.4 Å². The number of aryl methyl sites for hydroxylation is 1. The molecule has 2 nitrogen and oxygen atoms in total. The molecule has 0 N–H and O–H groups in total. The van der Waals surface area contributed by atoms with Crippen LogP contribution in [-0.2, 0) is 7.05 Å². The van der Waals surface area contributed by atoms with E-state index in [2.05, 4.69) is 5.10 Å². The highest BCUT2D eigenvalue weighted by atomic mass is 19.1. The lowest BCUT2D eigenvalue weighted by Crippen LogP contribution is -1.91. The molecule has 0 amide bonds. The van der Waals surface area contributed by atoms with Gasteiger partial charge in [-0.25, -0.2) is 4.39 Å². The number of halogens is 1. The van der Waals surface area contributed by atoms with Gasteiger partial charge < -0.3 is 0 Å². The van der Waals surface area contributed by atoms with E-state index in [1.165, 1.54) is 18.9 Å². The van der Waals surface area contributed by atoms with Crippen LogP contribution < -0.4 is 0 Å². The lowest BCUT2D eigenvalue weighted by molar-refractivity contribution is 0.629. The Bertz CT molecular complexity index is 526. The highest BCUT2D eigenvalue weighted by Crippen LogP contribution is 2.44. The molecule has 1 aliphatic rings. The standard InChI is InChI=1S/C13H13FN2/c1-16-8-10(7-15-16)13-11(9-5-6-9)3-2-4-12(13)14/h2-4,7-9H,5-6H2,1H3. The molecule has 3 rings (SSSR count). The maximum absolute atomic E-state index is 13.9. The van der Waals surface area contributed by atoms with E-state index in [0.29, 0.717) is 5.92 Å². The summed E-state index contributed by atoms with van der Waals surface area (Å²) in [5, 5.41) is 4.10. The van der Waals surface area contributed by atoms with E-state index in [-0.39, 0.29) is 5.82 Å². The Morgan fingerprint density at radius 1 is 1.38 bits per heavy atom. The van der Waals surface area contributed by atoms with Crippen LogP contribution in [0, 0.1) is 5.82 Å². The third-order valence-corrected chi connectivity index (χ3v) is 3.06. The Hall–Kier alpha value is -1.64. The molecular formula is C13H13FN2. The minimum absolute atomic E-state index is 0.141. The van der Waals surface area contributed by atoms with Crippen molar-refractivity contribution < 1.29 is 4.39 Å². The van der Waals surface area contributed by atoms with Gasteiger partial charge in [-0.2, -0.15) is 5.10 Å². The second-order valence-electron chi connectivity index (χ2n) is 4.38. The maximum Gasteiger partial charge on any atom is 0.131 e. The molecule has 2 aromatic rings. The van der Waals surface area contributed by atoms with Crippen LogP contribution in [-0.4, -0.2) is 9.78 Å². The molecule has 1 aromatic carbocycles. The molecule has 0 radical (unpaired) electrons. The fraction of sp³-hybridized carbons (Fsp3) is 0.308. The SMILES string of the molecule is Cn1cc(-c2c(F)cccc2C2CC2)cn1. The van der Waals surface area contributed by atoms with Crippen LogP contribution in [0.25, 0.3) is 11.1 Å². The maximum atomic E-state index is 13.9. The van der Waals surface area contributed by atoms with Crippen LogP contribution in [0.2, 0.25) is 0 Å². The van der Waals surface area contributed by atoms with Crippen molar-refractivity contribution >= 4 is 0 Å². The van der Waals surface area contributed by atoms with Crippen LogP contribution in [0.4, 0.5) is 4.39 Å². The van der Waals surface area contributed by atoms with Crippen molar-refractivity contribution in [2.24, 2.45) is 7.05 Å². The first-order valence-electron chi connectivity index (χ1n) is 5.53. The Morgan fingerprint density at radius 3 is 2.81 bits per heavy atom. The Morgan fingerprint density at radius 2 is 2.19 bits per heavy atom. The topological polar surface area (TPSA) is 17.8 Å². The van der Waals surface area contributed by atoms with Gasteiger partial charge in [0.1, 0.15) is 5.82 Å². The molecule has 0 aliphatic heterocycles. The van der Waals surface area contributed by atoms with Crippen molar-refractivity contribution in [2.75, 3.05) is 0 Å². The summed E-state index contributed by atoms with van der Waals surface area (Å²) in [6, 6.07) is 5.35. The van der Waals surface area contributed by atoms with Gasteiger partial charge in [0.15, 0.2) is 0 Å². The van der Waals surface area contributed by atoms with Gasteiger partial charge in [-0.3, -0.25) is 4.68 Å². The summed E-state index contributed by atoms with van der Waals surface area (Å²) in [7, 11) is 1.85. The van der Waals surface area contributed by atoms with Crippen molar-refractivity contribution in [1.82, 2.24) is 9.78 Å². The van der Waals surface area contributed by atoms with E-state index in [9.17, 15) is 4.39 Å². The lowest BCUT2D eigenvalue weighted by Gasteiger charge is -2.07. The highest BCUT2D eigenvalue weighted by molar-refractivity contribution is 5.68. The third-order valence-electron chi connectivity index (χ3n) is 3.06. The van der Waals surface area contributed by atoms with Crippen LogP contribution in [0.5, 0.6) is 0 Å². The predicted molar refractivity (Wildman–Crippen MR) is 60.6 cm³/mol. The molecule has 1 fully saturated rings. The highest BCUT2D eigenvalue weighted by Gasteiger charge is 2.27. The van der Waals surface area contributed by atoms with Crippen LogP contribution in [0.15, 0.2) is 30.6 Å². The molecule has 3 heteroatoms. The number of aromatic nitrogens is 2. The molecule has 0 atom stereocenters. The average Bonchev–Trinajstić information content (AvgIpc) is 3.02. The van der Waals surface area contributed by atoms with Gasteiger partial charge in [-0.1, -0.05) is 12.1 Å². The molecule has 0 bridgehead atoms. The van der Waals surface area contributed by atoms with Crippen LogP contribution in [0.1, 0.15) is 24.3 Å². The molecule has 1 aliphatic carbocycles. The van der Waals surface area contributed by atoms with E-state index in [4.69, 9.17) is 0 Å². The molecule has 1 saturated carbocycles. The summed E-state index contributed by atoms with van der Waals surface area (Å²) in [5.41, 5.74) is 2.74. The average molecular weight is 216 g/mol. The Kier molecular flexibility index (Phi) is 2.06. The fourth-order valence-electron chi connectivity index (χ4n) is 2.13. The van der Waals surface area contributed by atoms with Gasteiger partial charge in [0.25, 0.3) is 0 Å². The summed E-state index contributed by atoms with van der Waals surface area (Å²) in [6.45, 7) is 0. The lowest BCUT2D eigenvalue weighted by atomic mass is 9.98. The van der Waals surface area contributed by atoms with Crippen molar-refractivity contribution in [3.05, 3.63) is 42.0 Å². The van der Waals surface area contributed by atoms with Gasteiger partial charge in [-0.15, -0.1) is 0 Å². The zero-order valence-corrected chi connectivity index (χ0v) is 9.15. The van der Waals surface area contributed by atoms with Gasteiger partial charge in [0, 0.05) is 24.4 Å². The third kappa shape index (κ3) is 1.52. The molecule has 16 heavy (non-hydrogen) atoms.